The quantitative estimate of drug-likeness (QED) is 0.763. The number of ether oxygens (including phenoxy) is 1. The third kappa shape index (κ3) is 4.49. The molecule has 2 N–H and O–H groups in total. The Bertz CT molecular complexity index is 213. The number of piperidine rings is 1. The van der Waals surface area contributed by atoms with Gasteiger partial charge in [0, 0.05) is 19.1 Å². The van der Waals surface area contributed by atoms with Gasteiger partial charge in [0.25, 0.3) is 0 Å². The standard InChI is InChI=1S/C12H24N2O2/c1-3-11(13)8-16-9-12(15)14-6-4-10(2)5-7-14/h10-11H,3-9,13H2,1-2H3. The molecule has 0 spiro atoms. The van der Waals surface area contributed by atoms with E-state index in [4.69, 9.17) is 10.5 Å². The summed E-state index contributed by atoms with van der Waals surface area (Å²) in [7, 11) is 0. The second-order valence-electron chi connectivity index (χ2n) is 4.75. The largest absolute Gasteiger partial charge is 0.370 e. The molecule has 94 valence electrons. The Hall–Kier alpha value is -0.610. The van der Waals surface area contributed by atoms with Gasteiger partial charge in [0.1, 0.15) is 6.61 Å². The van der Waals surface area contributed by atoms with Crippen LogP contribution in [-0.2, 0) is 9.53 Å². The van der Waals surface area contributed by atoms with Crippen LogP contribution < -0.4 is 5.73 Å². The first kappa shape index (κ1) is 13.5. The molecule has 0 radical (unpaired) electrons. The summed E-state index contributed by atoms with van der Waals surface area (Å²) < 4.78 is 5.31. The summed E-state index contributed by atoms with van der Waals surface area (Å²) in [5.41, 5.74) is 5.71. The van der Waals surface area contributed by atoms with E-state index in [-0.39, 0.29) is 18.6 Å². The first-order chi connectivity index (χ1) is 7.63. The maximum atomic E-state index is 11.7. The van der Waals surface area contributed by atoms with Crippen LogP contribution in [-0.4, -0.2) is 43.2 Å². The summed E-state index contributed by atoms with van der Waals surface area (Å²) in [4.78, 5) is 13.6. The van der Waals surface area contributed by atoms with Crippen LogP contribution in [0.4, 0.5) is 0 Å². The molecule has 0 bridgehead atoms. The third-order valence-corrected chi connectivity index (χ3v) is 3.22. The molecule has 1 fully saturated rings. The van der Waals surface area contributed by atoms with E-state index in [1.807, 2.05) is 11.8 Å². The second-order valence-corrected chi connectivity index (χ2v) is 4.75. The molecule has 16 heavy (non-hydrogen) atoms. The summed E-state index contributed by atoms with van der Waals surface area (Å²) in [6.45, 7) is 6.67. The minimum absolute atomic E-state index is 0.0502. The van der Waals surface area contributed by atoms with Crippen LogP contribution in [0.15, 0.2) is 0 Å². The number of hydrogen-bond acceptors (Lipinski definition) is 3. The van der Waals surface area contributed by atoms with Crippen LogP contribution >= 0.6 is 0 Å². The SMILES string of the molecule is CCC(N)COCC(=O)N1CCC(C)CC1. The highest BCUT2D eigenvalue weighted by Crippen LogP contribution is 2.15. The molecule has 4 nitrogen and oxygen atoms in total. The van der Waals surface area contributed by atoms with Crippen molar-refractivity contribution in [2.75, 3.05) is 26.3 Å². The monoisotopic (exact) mass is 228 g/mol. The highest BCUT2D eigenvalue weighted by Gasteiger charge is 2.20. The molecule has 1 amide bonds. The van der Waals surface area contributed by atoms with Gasteiger partial charge in [0.2, 0.25) is 5.91 Å². The zero-order valence-corrected chi connectivity index (χ0v) is 10.4. The van der Waals surface area contributed by atoms with Gasteiger partial charge >= 0.3 is 0 Å². The molecule has 0 aromatic heterocycles. The van der Waals surface area contributed by atoms with Crippen LogP contribution in [0, 0.1) is 5.92 Å². The number of carbonyl (C=O) groups excluding carboxylic acids is 1. The normalized spacial score (nSPS) is 19.8. The van der Waals surface area contributed by atoms with Gasteiger partial charge in [-0.25, -0.2) is 0 Å². The molecule has 4 heteroatoms. The van der Waals surface area contributed by atoms with Crippen LogP contribution in [0.2, 0.25) is 0 Å². The van der Waals surface area contributed by atoms with Gasteiger partial charge in [-0.2, -0.15) is 0 Å². The molecule has 1 aliphatic rings. The van der Waals surface area contributed by atoms with E-state index in [1.54, 1.807) is 0 Å². The molecule has 0 aliphatic carbocycles. The first-order valence-corrected chi connectivity index (χ1v) is 6.24. The van der Waals surface area contributed by atoms with E-state index in [2.05, 4.69) is 6.92 Å². The van der Waals surface area contributed by atoms with Crippen LogP contribution in [0.3, 0.4) is 0 Å². The lowest BCUT2D eigenvalue weighted by Crippen LogP contribution is -2.40. The van der Waals surface area contributed by atoms with Crippen molar-refractivity contribution in [3.63, 3.8) is 0 Å². The van der Waals surface area contributed by atoms with Crippen LogP contribution in [0.1, 0.15) is 33.1 Å². The van der Waals surface area contributed by atoms with Crippen LogP contribution in [0.25, 0.3) is 0 Å². The Balaban J connectivity index is 2.15. The predicted octanol–water partition coefficient (Wildman–Crippen LogP) is 0.999. The molecular weight excluding hydrogens is 204 g/mol. The minimum atomic E-state index is 0.0502. The van der Waals surface area contributed by atoms with Crippen molar-refractivity contribution in [2.24, 2.45) is 11.7 Å². The molecule has 1 heterocycles. The van der Waals surface area contributed by atoms with Crippen molar-refractivity contribution in [2.45, 2.75) is 39.2 Å². The Morgan fingerprint density at radius 1 is 1.50 bits per heavy atom. The van der Waals surface area contributed by atoms with Gasteiger partial charge in [-0.3, -0.25) is 4.79 Å². The fourth-order valence-electron chi connectivity index (χ4n) is 1.76. The number of rotatable bonds is 5. The maximum absolute atomic E-state index is 11.7. The number of likely N-dealkylation sites (tertiary alicyclic amines) is 1. The zero-order chi connectivity index (χ0) is 12.0. The topological polar surface area (TPSA) is 55.6 Å². The molecule has 1 aliphatic heterocycles. The maximum Gasteiger partial charge on any atom is 0.248 e. The average molecular weight is 228 g/mol. The van der Waals surface area contributed by atoms with Gasteiger partial charge < -0.3 is 15.4 Å². The number of nitrogens with two attached hydrogens (primary N) is 1. The Morgan fingerprint density at radius 3 is 2.69 bits per heavy atom. The Labute approximate surface area is 98.1 Å². The van der Waals surface area contributed by atoms with Gasteiger partial charge in [-0.1, -0.05) is 13.8 Å². The number of hydrogen-bond donors (Lipinski definition) is 1. The molecule has 0 aromatic rings. The van der Waals surface area contributed by atoms with Gasteiger partial charge in [0.15, 0.2) is 0 Å². The van der Waals surface area contributed by atoms with E-state index in [0.29, 0.717) is 6.61 Å². The predicted molar refractivity (Wildman–Crippen MR) is 64.1 cm³/mol. The smallest absolute Gasteiger partial charge is 0.248 e. The fourth-order valence-corrected chi connectivity index (χ4v) is 1.76. The summed E-state index contributed by atoms with van der Waals surface area (Å²) in [5, 5.41) is 0. The van der Waals surface area contributed by atoms with Gasteiger partial charge in [-0.05, 0) is 25.2 Å². The number of nitrogens with zero attached hydrogens (tertiary/aromatic N) is 1. The van der Waals surface area contributed by atoms with Gasteiger partial charge in [-0.15, -0.1) is 0 Å². The zero-order valence-electron chi connectivity index (χ0n) is 10.4. The lowest BCUT2D eigenvalue weighted by molar-refractivity contribution is -0.137. The highest BCUT2D eigenvalue weighted by atomic mass is 16.5. The van der Waals surface area contributed by atoms with Crippen molar-refractivity contribution >= 4 is 5.91 Å². The van der Waals surface area contributed by atoms with Gasteiger partial charge in [0.05, 0.1) is 6.61 Å². The molecule has 0 saturated carbocycles. The van der Waals surface area contributed by atoms with E-state index < -0.39 is 0 Å². The second kappa shape index (κ2) is 6.86. The highest BCUT2D eigenvalue weighted by molar-refractivity contribution is 5.77. The van der Waals surface area contributed by atoms with Crippen molar-refractivity contribution in [3.8, 4) is 0 Å². The minimum Gasteiger partial charge on any atom is -0.370 e. The van der Waals surface area contributed by atoms with Crippen molar-refractivity contribution < 1.29 is 9.53 Å². The molecule has 1 atom stereocenters. The first-order valence-electron chi connectivity index (χ1n) is 6.24. The summed E-state index contributed by atoms with van der Waals surface area (Å²) >= 11 is 0. The third-order valence-electron chi connectivity index (χ3n) is 3.22. The number of amides is 1. The Morgan fingerprint density at radius 2 is 2.12 bits per heavy atom. The van der Waals surface area contributed by atoms with E-state index in [0.717, 1.165) is 38.3 Å². The van der Waals surface area contributed by atoms with Crippen molar-refractivity contribution in [1.82, 2.24) is 4.90 Å². The lowest BCUT2D eigenvalue weighted by Gasteiger charge is -2.30. The fraction of sp³-hybridized carbons (Fsp3) is 0.917. The molecule has 1 rings (SSSR count). The lowest BCUT2D eigenvalue weighted by atomic mass is 9.99. The molecule has 1 unspecified atom stereocenters. The summed E-state index contributed by atoms with van der Waals surface area (Å²) in [6.07, 6.45) is 3.11. The average Bonchev–Trinajstić information content (AvgIpc) is 2.29. The summed E-state index contributed by atoms with van der Waals surface area (Å²) in [6, 6.07) is 0.0502. The van der Waals surface area contributed by atoms with E-state index in [9.17, 15) is 4.79 Å². The van der Waals surface area contributed by atoms with Crippen molar-refractivity contribution in [3.05, 3.63) is 0 Å². The number of carbonyl (C=O) groups is 1. The van der Waals surface area contributed by atoms with Crippen LogP contribution in [0.5, 0.6) is 0 Å². The Kier molecular flexibility index (Phi) is 5.77. The molecule has 1 saturated heterocycles. The molecule has 0 aromatic carbocycles. The van der Waals surface area contributed by atoms with E-state index >= 15 is 0 Å². The van der Waals surface area contributed by atoms with E-state index in [1.165, 1.54) is 0 Å². The summed E-state index contributed by atoms with van der Waals surface area (Å²) in [5.74, 6) is 0.855. The van der Waals surface area contributed by atoms with Crippen molar-refractivity contribution in [1.29, 1.82) is 0 Å². The molecular formula is C12H24N2O2.